The molecular formula is C21H21N3O2. The van der Waals surface area contributed by atoms with Crippen LogP contribution in [-0.4, -0.2) is 40.5 Å². The average Bonchev–Trinajstić information content (AvgIpc) is 2.69. The zero-order valence-corrected chi connectivity index (χ0v) is 15.0. The Morgan fingerprint density at radius 1 is 1.04 bits per heavy atom. The first kappa shape index (κ1) is 16.7. The second-order valence-electron chi connectivity index (χ2n) is 6.62. The molecule has 0 unspecified atom stereocenters. The van der Waals surface area contributed by atoms with Crippen molar-refractivity contribution in [2.24, 2.45) is 0 Å². The summed E-state index contributed by atoms with van der Waals surface area (Å²) in [5.41, 5.74) is 5.11. The average molecular weight is 347 g/mol. The maximum atomic E-state index is 13.0. The minimum absolute atomic E-state index is 0.0103. The van der Waals surface area contributed by atoms with Crippen molar-refractivity contribution in [3.63, 3.8) is 0 Å². The van der Waals surface area contributed by atoms with Crippen LogP contribution in [0.1, 0.15) is 33.4 Å². The monoisotopic (exact) mass is 347 g/mol. The molecule has 1 amide bonds. The molecule has 1 aromatic heterocycles. The summed E-state index contributed by atoms with van der Waals surface area (Å²) in [6.07, 6.45) is -0.0842. The number of hydrogen-bond acceptors (Lipinski definition) is 4. The molecule has 0 aliphatic carbocycles. The number of ether oxygens (including phenoxy) is 1. The lowest BCUT2D eigenvalue weighted by molar-refractivity contribution is -0.0228. The number of hydrogen-bond donors (Lipinski definition) is 0. The van der Waals surface area contributed by atoms with Crippen LogP contribution in [0.3, 0.4) is 0 Å². The zero-order valence-electron chi connectivity index (χ0n) is 15.0. The maximum absolute atomic E-state index is 13.0. The number of fused-ring (bicyclic) bond motifs is 1. The summed E-state index contributed by atoms with van der Waals surface area (Å²) in [5.74, 6) is 0.0103. The van der Waals surface area contributed by atoms with Crippen LogP contribution in [0, 0.1) is 13.8 Å². The summed E-state index contributed by atoms with van der Waals surface area (Å²) in [6, 6.07) is 15.6. The molecule has 1 saturated heterocycles. The molecule has 4 rings (SSSR count). The van der Waals surface area contributed by atoms with Crippen LogP contribution in [0.2, 0.25) is 0 Å². The molecule has 0 bridgehead atoms. The van der Waals surface area contributed by atoms with Crippen LogP contribution < -0.4 is 0 Å². The highest BCUT2D eigenvalue weighted by molar-refractivity contribution is 5.97. The summed E-state index contributed by atoms with van der Waals surface area (Å²) in [7, 11) is 0. The van der Waals surface area contributed by atoms with Crippen LogP contribution in [0.4, 0.5) is 0 Å². The Hall–Kier alpha value is -2.79. The quantitative estimate of drug-likeness (QED) is 0.712. The number of aryl methyl sites for hydroxylation is 2. The fraction of sp³-hybridized carbons (Fsp3) is 0.286. The van der Waals surface area contributed by atoms with Crippen LogP contribution in [0.25, 0.3) is 11.0 Å². The van der Waals surface area contributed by atoms with E-state index in [2.05, 4.69) is 9.97 Å². The van der Waals surface area contributed by atoms with Crippen molar-refractivity contribution in [1.82, 2.24) is 14.9 Å². The second kappa shape index (κ2) is 6.84. The van der Waals surface area contributed by atoms with Gasteiger partial charge in [0.2, 0.25) is 0 Å². The fourth-order valence-corrected chi connectivity index (χ4v) is 3.25. The van der Waals surface area contributed by atoms with E-state index in [1.165, 1.54) is 0 Å². The van der Waals surface area contributed by atoms with Crippen molar-refractivity contribution in [1.29, 1.82) is 0 Å². The van der Waals surface area contributed by atoms with E-state index >= 15 is 0 Å². The molecule has 132 valence electrons. The van der Waals surface area contributed by atoms with E-state index in [1.54, 1.807) is 0 Å². The van der Waals surface area contributed by atoms with E-state index in [9.17, 15) is 4.79 Å². The standard InChI is InChI=1S/C21H21N3O2/c1-14-15(2)23-19-12-17(8-9-18(19)22-14)21(25)24-10-11-26-20(13-24)16-6-4-3-5-7-16/h3-9,12,20H,10-11,13H2,1-2H3/t20-/m0/s1. The van der Waals surface area contributed by atoms with Gasteiger partial charge in [0.05, 0.1) is 35.6 Å². The van der Waals surface area contributed by atoms with Gasteiger partial charge in [-0.3, -0.25) is 4.79 Å². The van der Waals surface area contributed by atoms with Gasteiger partial charge in [0.1, 0.15) is 6.10 Å². The lowest BCUT2D eigenvalue weighted by atomic mass is 10.1. The van der Waals surface area contributed by atoms with Gasteiger partial charge in [-0.15, -0.1) is 0 Å². The molecule has 0 saturated carbocycles. The molecule has 3 aromatic rings. The van der Waals surface area contributed by atoms with Crippen LogP contribution >= 0.6 is 0 Å². The highest BCUT2D eigenvalue weighted by Crippen LogP contribution is 2.24. The number of carbonyl (C=O) groups excluding carboxylic acids is 1. The summed E-state index contributed by atoms with van der Waals surface area (Å²) >= 11 is 0. The predicted octanol–water partition coefficient (Wildman–Crippen LogP) is 3.46. The summed E-state index contributed by atoms with van der Waals surface area (Å²) in [4.78, 5) is 24.0. The maximum Gasteiger partial charge on any atom is 0.254 e. The predicted molar refractivity (Wildman–Crippen MR) is 100 cm³/mol. The molecule has 2 heterocycles. The minimum Gasteiger partial charge on any atom is -0.370 e. The van der Waals surface area contributed by atoms with Crippen molar-refractivity contribution in [2.45, 2.75) is 20.0 Å². The first-order valence-electron chi connectivity index (χ1n) is 8.82. The molecule has 0 spiro atoms. The van der Waals surface area contributed by atoms with Crippen molar-refractivity contribution in [3.05, 3.63) is 71.0 Å². The number of aromatic nitrogens is 2. The molecule has 1 fully saturated rings. The third-order valence-corrected chi connectivity index (χ3v) is 4.85. The fourth-order valence-electron chi connectivity index (χ4n) is 3.25. The van der Waals surface area contributed by atoms with Gasteiger partial charge in [-0.1, -0.05) is 30.3 Å². The topological polar surface area (TPSA) is 55.3 Å². The van der Waals surface area contributed by atoms with Gasteiger partial charge < -0.3 is 9.64 Å². The lowest BCUT2D eigenvalue weighted by Crippen LogP contribution is -2.42. The first-order chi connectivity index (χ1) is 12.6. The smallest absolute Gasteiger partial charge is 0.254 e. The molecule has 1 atom stereocenters. The largest absolute Gasteiger partial charge is 0.370 e. The number of nitrogens with zero attached hydrogens (tertiary/aromatic N) is 3. The van der Waals surface area contributed by atoms with Crippen molar-refractivity contribution >= 4 is 16.9 Å². The number of morpholine rings is 1. The van der Waals surface area contributed by atoms with Gasteiger partial charge >= 0.3 is 0 Å². The zero-order chi connectivity index (χ0) is 18.1. The minimum atomic E-state index is -0.0842. The Bertz CT molecular complexity index is 956. The van der Waals surface area contributed by atoms with Gasteiger partial charge in [0, 0.05) is 12.1 Å². The Kier molecular flexibility index (Phi) is 4.39. The van der Waals surface area contributed by atoms with E-state index in [0.29, 0.717) is 25.3 Å². The molecular weight excluding hydrogens is 326 g/mol. The van der Waals surface area contributed by atoms with Crippen molar-refractivity contribution in [2.75, 3.05) is 19.7 Å². The third kappa shape index (κ3) is 3.18. The number of rotatable bonds is 2. The van der Waals surface area contributed by atoms with Crippen LogP contribution in [-0.2, 0) is 4.74 Å². The lowest BCUT2D eigenvalue weighted by Gasteiger charge is -2.33. The van der Waals surface area contributed by atoms with Crippen molar-refractivity contribution < 1.29 is 9.53 Å². The number of amides is 1. The van der Waals surface area contributed by atoms with E-state index in [-0.39, 0.29) is 12.0 Å². The SMILES string of the molecule is Cc1nc2ccc(C(=O)N3CCO[C@H](c4ccccc4)C3)cc2nc1C. The highest BCUT2D eigenvalue weighted by Gasteiger charge is 2.26. The Labute approximate surface area is 152 Å². The highest BCUT2D eigenvalue weighted by atomic mass is 16.5. The Morgan fingerprint density at radius 2 is 1.77 bits per heavy atom. The first-order valence-corrected chi connectivity index (χ1v) is 8.82. The molecule has 0 N–H and O–H groups in total. The van der Waals surface area contributed by atoms with E-state index < -0.39 is 0 Å². The van der Waals surface area contributed by atoms with E-state index in [4.69, 9.17) is 4.74 Å². The molecule has 2 aromatic carbocycles. The van der Waals surface area contributed by atoms with Crippen LogP contribution in [0.15, 0.2) is 48.5 Å². The van der Waals surface area contributed by atoms with Crippen LogP contribution in [0.5, 0.6) is 0 Å². The normalized spacial score (nSPS) is 17.5. The summed E-state index contributed by atoms with van der Waals surface area (Å²) in [6.45, 7) is 5.57. The van der Waals surface area contributed by atoms with Gasteiger partial charge in [-0.2, -0.15) is 0 Å². The molecule has 1 aliphatic rings. The van der Waals surface area contributed by atoms with Gasteiger partial charge in [-0.25, -0.2) is 9.97 Å². The summed E-state index contributed by atoms with van der Waals surface area (Å²) < 4.78 is 5.86. The molecule has 1 aliphatic heterocycles. The number of benzene rings is 2. The Balaban J connectivity index is 1.58. The van der Waals surface area contributed by atoms with E-state index in [1.807, 2.05) is 67.3 Å². The third-order valence-electron chi connectivity index (χ3n) is 4.85. The van der Waals surface area contributed by atoms with Gasteiger partial charge in [-0.05, 0) is 37.6 Å². The molecule has 5 heteroatoms. The van der Waals surface area contributed by atoms with Crippen molar-refractivity contribution in [3.8, 4) is 0 Å². The molecule has 26 heavy (non-hydrogen) atoms. The second-order valence-corrected chi connectivity index (χ2v) is 6.62. The van der Waals surface area contributed by atoms with Gasteiger partial charge in [0.25, 0.3) is 5.91 Å². The molecule has 0 radical (unpaired) electrons. The van der Waals surface area contributed by atoms with E-state index in [0.717, 1.165) is 28.0 Å². The molecule has 5 nitrogen and oxygen atoms in total. The summed E-state index contributed by atoms with van der Waals surface area (Å²) in [5, 5.41) is 0. The Morgan fingerprint density at radius 3 is 2.54 bits per heavy atom. The number of carbonyl (C=O) groups is 1. The van der Waals surface area contributed by atoms with Gasteiger partial charge in [0.15, 0.2) is 0 Å².